The Morgan fingerprint density at radius 3 is 2.63 bits per heavy atom. The van der Waals surface area contributed by atoms with Crippen LogP contribution in [0.15, 0.2) is 6.33 Å². The monoisotopic (exact) mass is 388 g/mol. The number of ether oxygens (including phenoxy) is 1. The summed E-state index contributed by atoms with van der Waals surface area (Å²) in [6.45, 7) is 5.66. The van der Waals surface area contributed by atoms with E-state index in [1.54, 1.807) is 6.33 Å². The number of anilines is 1. The number of hydrogen-bond acceptors (Lipinski definition) is 6. The standard InChI is InChI=1S/C20H28N4O2S/c1-20(2,3)26-19(25)24-13-9-7-12(8-10-13)23-17-16-14-5-4-6-15(14)27-18(16)22-11-21-17/h11-13H,4-10H2,1-3H3,(H,24,25)(H,21,22,23)/t12-,13+. The summed E-state index contributed by atoms with van der Waals surface area (Å²) in [5.74, 6) is 0.989. The minimum Gasteiger partial charge on any atom is -0.444 e. The fraction of sp³-hybridized carbons (Fsp3) is 0.650. The average Bonchev–Trinajstić information content (AvgIpc) is 3.16. The maximum Gasteiger partial charge on any atom is 0.407 e. The highest BCUT2D eigenvalue weighted by atomic mass is 32.1. The Kier molecular flexibility index (Phi) is 4.97. The fourth-order valence-corrected chi connectivity index (χ4v) is 5.32. The van der Waals surface area contributed by atoms with Gasteiger partial charge in [-0.1, -0.05) is 0 Å². The van der Waals surface area contributed by atoms with Crippen LogP contribution in [0.25, 0.3) is 10.2 Å². The van der Waals surface area contributed by atoms with Gasteiger partial charge in [0, 0.05) is 17.0 Å². The number of alkyl carbamates (subject to hydrolysis) is 1. The molecule has 0 aliphatic heterocycles. The van der Waals surface area contributed by atoms with E-state index in [9.17, 15) is 4.79 Å². The van der Waals surface area contributed by atoms with Crippen LogP contribution < -0.4 is 10.6 Å². The van der Waals surface area contributed by atoms with Crippen LogP contribution >= 0.6 is 11.3 Å². The lowest BCUT2D eigenvalue weighted by Crippen LogP contribution is -2.42. The van der Waals surface area contributed by atoms with Crippen LogP contribution in [-0.2, 0) is 17.6 Å². The van der Waals surface area contributed by atoms with Crippen molar-refractivity contribution >= 4 is 33.5 Å². The number of fused-ring (bicyclic) bond motifs is 3. The van der Waals surface area contributed by atoms with E-state index in [0.717, 1.165) is 42.8 Å². The van der Waals surface area contributed by atoms with E-state index in [1.807, 2.05) is 32.1 Å². The van der Waals surface area contributed by atoms with Crippen molar-refractivity contribution < 1.29 is 9.53 Å². The molecule has 0 spiro atoms. The highest BCUT2D eigenvalue weighted by molar-refractivity contribution is 7.19. The second kappa shape index (κ2) is 7.26. The third-order valence-electron chi connectivity index (χ3n) is 5.29. The fourth-order valence-electron chi connectivity index (χ4n) is 4.09. The molecule has 0 atom stereocenters. The summed E-state index contributed by atoms with van der Waals surface area (Å²) in [6.07, 6.45) is 8.85. The zero-order valence-electron chi connectivity index (χ0n) is 16.3. The van der Waals surface area contributed by atoms with E-state index in [0.29, 0.717) is 6.04 Å². The molecular weight excluding hydrogens is 360 g/mol. The minimum absolute atomic E-state index is 0.189. The van der Waals surface area contributed by atoms with Crippen molar-refractivity contribution in [2.75, 3.05) is 5.32 Å². The van der Waals surface area contributed by atoms with E-state index in [-0.39, 0.29) is 12.1 Å². The molecule has 2 aromatic heterocycles. The molecule has 1 fully saturated rings. The molecule has 4 rings (SSSR count). The normalized spacial score (nSPS) is 22.5. The first-order valence-electron chi connectivity index (χ1n) is 9.90. The molecule has 0 bridgehead atoms. The van der Waals surface area contributed by atoms with Gasteiger partial charge in [-0.25, -0.2) is 14.8 Å². The summed E-state index contributed by atoms with van der Waals surface area (Å²) in [6, 6.07) is 0.574. The number of aryl methyl sites for hydroxylation is 2. The van der Waals surface area contributed by atoms with Crippen molar-refractivity contribution in [2.24, 2.45) is 0 Å². The number of nitrogens with zero attached hydrogens (tertiary/aromatic N) is 2. The molecule has 0 aromatic carbocycles. The Morgan fingerprint density at radius 1 is 1.15 bits per heavy atom. The molecule has 2 aliphatic rings. The largest absolute Gasteiger partial charge is 0.444 e. The lowest BCUT2D eigenvalue weighted by molar-refractivity contribution is 0.0492. The number of rotatable bonds is 3. The van der Waals surface area contributed by atoms with Gasteiger partial charge in [0.15, 0.2) is 0 Å². The van der Waals surface area contributed by atoms with Crippen LogP contribution in [-0.4, -0.2) is 33.7 Å². The van der Waals surface area contributed by atoms with Crippen LogP contribution in [0.1, 0.15) is 63.3 Å². The Hall–Kier alpha value is -1.89. The number of thiophene rings is 1. The van der Waals surface area contributed by atoms with Gasteiger partial charge in [-0.2, -0.15) is 0 Å². The average molecular weight is 389 g/mol. The number of hydrogen-bond donors (Lipinski definition) is 2. The van der Waals surface area contributed by atoms with Crippen molar-refractivity contribution in [1.82, 2.24) is 15.3 Å². The van der Waals surface area contributed by atoms with Gasteiger partial charge >= 0.3 is 6.09 Å². The summed E-state index contributed by atoms with van der Waals surface area (Å²) in [5, 5.41) is 7.91. The molecule has 2 heterocycles. The highest BCUT2D eigenvalue weighted by Gasteiger charge is 2.26. The molecule has 6 nitrogen and oxygen atoms in total. The predicted molar refractivity (Wildman–Crippen MR) is 108 cm³/mol. The van der Waals surface area contributed by atoms with Gasteiger partial charge in [0.25, 0.3) is 0 Å². The highest BCUT2D eigenvalue weighted by Crippen LogP contribution is 2.39. The molecule has 0 radical (unpaired) electrons. The summed E-state index contributed by atoms with van der Waals surface area (Å²) in [7, 11) is 0. The first-order valence-corrected chi connectivity index (χ1v) is 10.7. The molecule has 2 N–H and O–H groups in total. The van der Waals surface area contributed by atoms with Gasteiger partial charge in [-0.3, -0.25) is 0 Å². The van der Waals surface area contributed by atoms with Crippen molar-refractivity contribution in [3.05, 3.63) is 16.8 Å². The van der Waals surface area contributed by atoms with Gasteiger partial charge in [0.1, 0.15) is 22.6 Å². The molecule has 7 heteroatoms. The second-order valence-electron chi connectivity index (χ2n) is 8.60. The molecule has 2 aliphatic carbocycles. The summed E-state index contributed by atoms with van der Waals surface area (Å²) >= 11 is 1.82. The number of amides is 1. The third kappa shape index (κ3) is 4.18. The quantitative estimate of drug-likeness (QED) is 0.813. The minimum atomic E-state index is -0.456. The lowest BCUT2D eigenvalue weighted by atomic mass is 9.91. The van der Waals surface area contributed by atoms with Gasteiger partial charge in [-0.15, -0.1) is 11.3 Å². The van der Waals surface area contributed by atoms with Crippen molar-refractivity contribution in [1.29, 1.82) is 0 Å². The summed E-state index contributed by atoms with van der Waals surface area (Å²) < 4.78 is 5.36. The molecule has 27 heavy (non-hydrogen) atoms. The lowest BCUT2D eigenvalue weighted by Gasteiger charge is -2.30. The van der Waals surface area contributed by atoms with Crippen molar-refractivity contribution in [2.45, 2.75) is 83.4 Å². The van der Waals surface area contributed by atoms with Gasteiger partial charge in [0.2, 0.25) is 0 Å². The Balaban J connectivity index is 1.36. The van der Waals surface area contributed by atoms with E-state index in [2.05, 4.69) is 20.6 Å². The molecule has 2 aromatic rings. The van der Waals surface area contributed by atoms with E-state index < -0.39 is 5.60 Å². The SMILES string of the molecule is CC(C)(C)OC(=O)N[C@H]1CC[C@@H](Nc2ncnc3sc4c(c23)CCC4)CC1. The third-order valence-corrected chi connectivity index (χ3v) is 6.49. The van der Waals surface area contributed by atoms with Crippen LogP contribution in [0.3, 0.4) is 0 Å². The Morgan fingerprint density at radius 2 is 1.89 bits per heavy atom. The molecule has 146 valence electrons. The number of nitrogens with one attached hydrogen (secondary N) is 2. The van der Waals surface area contributed by atoms with Crippen LogP contribution in [0.4, 0.5) is 10.6 Å². The van der Waals surface area contributed by atoms with Gasteiger partial charge < -0.3 is 15.4 Å². The van der Waals surface area contributed by atoms with Crippen molar-refractivity contribution in [3.63, 3.8) is 0 Å². The molecular formula is C20H28N4O2S. The van der Waals surface area contributed by atoms with E-state index in [1.165, 1.54) is 28.7 Å². The molecule has 1 amide bonds. The predicted octanol–water partition coefficient (Wildman–Crippen LogP) is 4.43. The maximum absolute atomic E-state index is 12.0. The Bertz CT molecular complexity index is 834. The van der Waals surface area contributed by atoms with Crippen LogP contribution in [0.5, 0.6) is 0 Å². The topological polar surface area (TPSA) is 76.1 Å². The number of carbonyl (C=O) groups excluding carboxylic acids is 1. The van der Waals surface area contributed by atoms with Crippen molar-refractivity contribution in [3.8, 4) is 0 Å². The van der Waals surface area contributed by atoms with Crippen LogP contribution in [0, 0.1) is 0 Å². The maximum atomic E-state index is 12.0. The van der Waals surface area contributed by atoms with E-state index >= 15 is 0 Å². The van der Waals surface area contributed by atoms with E-state index in [4.69, 9.17) is 4.74 Å². The molecule has 1 saturated carbocycles. The van der Waals surface area contributed by atoms with Gasteiger partial charge in [-0.05, 0) is 71.3 Å². The Labute approximate surface area is 164 Å². The first-order chi connectivity index (χ1) is 12.9. The smallest absolute Gasteiger partial charge is 0.407 e. The molecule has 0 unspecified atom stereocenters. The first kappa shape index (κ1) is 18.5. The zero-order valence-corrected chi connectivity index (χ0v) is 17.1. The van der Waals surface area contributed by atoms with Crippen LogP contribution in [0.2, 0.25) is 0 Å². The summed E-state index contributed by atoms with van der Waals surface area (Å²) in [4.78, 5) is 23.6. The molecule has 0 saturated heterocycles. The number of carbonyl (C=O) groups is 1. The van der Waals surface area contributed by atoms with Gasteiger partial charge in [0.05, 0.1) is 5.39 Å². The summed E-state index contributed by atoms with van der Waals surface area (Å²) in [5.41, 5.74) is 1.00. The second-order valence-corrected chi connectivity index (χ2v) is 9.68. The zero-order chi connectivity index (χ0) is 19.0. The number of aromatic nitrogens is 2.